The highest BCUT2D eigenvalue weighted by molar-refractivity contribution is 5.86. The zero-order valence-electron chi connectivity index (χ0n) is 8.33. The van der Waals surface area contributed by atoms with Gasteiger partial charge in [0.15, 0.2) is 0 Å². The summed E-state index contributed by atoms with van der Waals surface area (Å²) in [6.07, 6.45) is -4.41. The molecule has 1 unspecified atom stereocenters. The van der Waals surface area contributed by atoms with Gasteiger partial charge in [-0.05, 0) is 16.3 Å². The van der Waals surface area contributed by atoms with Crippen molar-refractivity contribution >= 4 is 10.8 Å². The van der Waals surface area contributed by atoms with Gasteiger partial charge in [0.2, 0.25) is 0 Å². The highest BCUT2D eigenvalue weighted by Crippen LogP contribution is 2.34. The molecule has 0 saturated carbocycles. The second kappa shape index (κ2) is 3.79. The smallest absolute Gasteiger partial charge is 0.316 e. The number of nitrogens with two attached hydrogens (primary N) is 1. The molecule has 0 amide bonds. The summed E-state index contributed by atoms with van der Waals surface area (Å²) in [6, 6.07) is 9.74. The predicted octanol–water partition coefficient (Wildman–Crippen LogP) is 3.40. The second-order valence-electron chi connectivity index (χ2n) is 3.59. The highest BCUT2D eigenvalue weighted by Gasteiger charge is 2.38. The minimum Gasteiger partial charge on any atom is -0.316 e. The van der Waals surface area contributed by atoms with Gasteiger partial charge in [0, 0.05) is 0 Å². The maximum Gasteiger partial charge on any atom is 0.407 e. The fourth-order valence-electron chi connectivity index (χ4n) is 1.70. The quantitative estimate of drug-likeness (QED) is 0.790. The van der Waals surface area contributed by atoms with Gasteiger partial charge < -0.3 is 5.73 Å². The van der Waals surface area contributed by atoms with Crippen molar-refractivity contribution in [3.63, 3.8) is 0 Å². The van der Waals surface area contributed by atoms with Gasteiger partial charge in [0.05, 0.1) is 0 Å². The number of halogens is 3. The predicted molar refractivity (Wildman–Crippen MR) is 56.9 cm³/mol. The Bertz CT molecular complexity index is 500. The molecule has 0 spiro atoms. The lowest BCUT2D eigenvalue weighted by Gasteiger charge is -2.17. The van der Waals surface area contributed by atoms with E-state index in [2.05, 4.69) is 0 Å². The van der Waals surface area contributed by atoms with E-state index in [9.17, 15) is 13.2 Å². The van der Waals surface area contributed by atoms with Crippen molar-refractivity contribution in [3.8, 4) is 0 Å². The lowest BCUT2D eigenvalue weighted by Crippen LogP contribution is -2.28. The molecule has 0 saturated heterocycles. The average Bonchev–Trinajstić information content (AvgIpc) is 2.26. The zero-order valence-corrected chi connectivity index (χ0v) is 8.33. The molecule has 0 heterocycles. The first-order chi connectivity index (χ1) is 7.50. The molecule has 84 valence electrons. The molecule has 0 aromatic heterocycles. The van der Waals surface area contributed by atoms with Crippen molar-refractivity contribution < 1.29 is 13.2 Å². The van der Waals surface area contributed by atoms with Crippen LogP contribution in [0, 0.1) is 0 Å². The van der Waals surface area contributed by atoms with Gasteiger partial charge in [-0.15, -0.1) is 0 Å². The third-order valence-corrected chi connectivity index (χ3v) is 2.51. The molecule has 0 bridgehead atoms. The lowest BCUT2D eigenvalue weighted by atomic mass is 9.99. The number of rotatable bonds is 1. The van der Waals surface area contributed by atoms with Gasteiger partial charge >= 0.3 is 6.18 Å². The molecule has 2 N–H and O–H groups in total. The van der Waals surface area contributed by atoms with E-state index >= 15 is 0 Å². The van der Waals surface area contributed by atoms with Crippen LogP contribution in [0.2, 0.25) is 0 Å². The zero-order chi connectivity index (χ0) is 11.8. The Hall–Kier alpha value is -1.55. The fourth-order valence-corrected chi connectivity index (χ4v) is 1.70. The van der Waals surface area contributed by atoms with Crippen molar-refractivity contribution in [1.82, 2.24) is 0 Å². The first-order valence-corrected chi connectivity index (χ1v) is 4.80. The molecule has 0 aliphatic rings. The van der Waals surface area contributed by atoms with Crippen LogP contribution in [0.15, 0.2) is 42.5 Å². The van der Waals surface area contributed by atoms with Crippen molar-refractivity contribution in [2.24, 2.45) is 5.73 Å². The average molecular weight is 225 g/mol. The Morgan fingerprint density at radius 2 is 1.56 bits per heavy atom. The van der Waals surface area contributed by atoms with E-state index in [4.69, 9.17) is 5.73 Å². The minimum atomic E-state index is -4.41. The molecular weight excluding hydrogens is 215 g/mol. The SMILES string of the molecule is NC(c1cccc2ccccc12)C(F)(F)F. The number of hydrogen-bond donors (Lipinski definition) is 1. The molecule has 1 nitrogen and oxygen atoms in total. The lowest BCUT2D eigenvalue weighted by molar-refractivity contribution is -0.148. The Labute approximate surface area is 90.7 Å². The second-order valence-corrected chi connectivity index (χ2v) is 3.59. The van der Waals surface area contributed by atoms with Crippen LogP contribution in [0.4, 0.5) is 13.2 Å². The Morgan fingerprint density at radius 3 is 2.25 bits per heavy atom. The molecule has 2 rings (SSSR count). The highest BCUT2D eigenvalue weighted by atomic mass is 19.4. The van der Waals surface area contributed by atoms with Crippen LogP contribution in [0.3, 0.4) is 0 Å². The normalized spacial score (nSPS) is 14.0. The summed E-state index contributed by atoms with van der Waals surface area (Å²) in [5, 5.41) is 1.31. The summed E-state index contributed by atoms with van der Waals surface area (Å²) in [6.45, 7) is 0. The van der Waals surface area contributed by atoms with Crippen molar-refractivity contribution in [1.29, 1.82) is 0 Å². The maximum atomic E-state index is 12.5. The molecule has 4 heteroatoms. The Morgan fingerprint density at radius 1 is 0.938 bits per heavy atom. The van der Waals surface area contributed by atoms with Crippen molar-refractivity contribution in [2.75, 3.05) is 0 Å². The van der Waals surface area contributed by atoms with Crippen molar-refractivity contribution in [3.05, 3.63) is 48.0 Å². The third-order valence-electron chi connectivity index (χ3n) is 2.51. The standard InChI is InChI=1S/C12H10F3N/c13-12(14,15)11(16)10-7-3-5-8-4-1-2-6-9(8)10/h1-7,11H,16H2. The monoisotopic (exact) mass is 225 g/mol. The molecule has 16 heavy (non-hydrogen) atoms. The minimum absolute atomic E-state index is 0.116. The molecular formula is C12H10F3N. The van der Waals surface area contributed by atoms with Crippen LogP contribution in [0.5, 0.6) is 0 Å². The van der Waals surface area contributed by atoms with E-state index in [1.54, 1.807) is 36.4 Å². The fraction of sp³-hybridized carbons (Fsp3) is 0.167. The first-order valence-electron chi connectivity index (χ1n) is 4.80. The first kappa shape index (κ1) is 11.0. The summed E-state index contributed by atoms with van der Waals surface area (Å²) >= 11 is 0. The van der Waals surface area contributed by atoms with E-state index in [0.29, 0.717) is 5.39 Å². The van der Waals surface area contributed by atoms with Crippen LogP contribution in [0.1, 0.15) is 11.6 Å². The largest absolute Gasteiger partial charge is 0.407 e. The van der Waals surface area contributed by atoms with E-state index in [1.165, 1.54) is 6.07 Å². The summed E-state index contributed by atoms with van der Waals surface area (Å²) in [5.41, 5.74) is 5.33. The molecule has 0 aliphatic heterocycles. The molecule has 1 atom stereocenters. The molecule has 0 aliphatic carbocycles. The van der Waals surface area contributed by atoms with E-state index in [0.717, 1.165) is 5.39 Å². The number of alkyl halides is 3. The van der Waals surface area contributed by atoms with Crippen LogP contribution in [-0.2, 0) is 0 Å². The third kappa shape index (κ3) is 1.88. The molecule has 0 radical (unpaired) electrons. The number of hydrogen-bond acceptors (Lipinski definition) is 1. The van der Waals surface area contributed by atoms with Crippen LogP contribution in [-0.4, -0.2) is 6.18 Å². The summed E-state index contributed by atoms with van der Waals surface area (Å²) < 4.78 is 37.6. The molecule has 2 aromatic carbocycles. The van der Waals surface area contributed by atoms with Gasteiger partial charge in [0.1, 0.15) is 6.04 Å². The van der Waals surface area contributed by atoms with Crippen LogP contribution >= 0.6 is 0 Å². The summed E-state index contributed by atoms with van der Waals surface area (Å²) in [7, 11) is 0. The van der Waals surface area contributed by atoms with E-state index in [1.807, 2.05) is 0 Å². The van der Waals surface area contributed by atoms with Gasteiger partial charge in [-0.25, -0.2) is 0 Å². The van der Waals surface area contributed by atoms with Crippen molar-refractivity contribution in [2.45, 2.75) is 12.2 Å². The summed E-state index contributed by atoms with van der Waals surface area (Å²) in [5.74, 6) is 0. The number of benzene rings is 2. The van der Waals surface area contributed by atoms with Gasteiger partial charge in [-0.3, -0.25) is 0 Å². The van der Waals surface area contributed by atoms with E-state index in [-0.39, 0.29) is 5.56 Å². The Kier molecular flexibility index (Phi) is 2.59. The molecule has 0 fully saturated rings. The van der Waals surface area contributed by atoms with Gasteiger partial charge in [0.25, 0.3) is 0 Å². The van der Waals surface area contributed by atoms with Crippen LogP contribution in [0.25, 0.3) is 10.8 Å². The topological polar surface area (TPSA) is 26.0 Å². The van der Waals surface area contributed by atoms with Gasteiger partial charge in [-0.2, -0.15) is 13.2 Å². The molecule has 2 aromatic rings. The Balaban J connectivity index is 2.61. The number of fused-ring (bicyclic) bond motifs is 1. The maximum absolute atomic E-state index is 12.5. The van der Waals surface area contributed by atoms with Crippen LogP contribution < -0.4 is 5.73 Å². The van der Waals surface area contributed by atoms with E-state index < -0.39 is 12.2 Å². The summed E-state index contributed by atoms with van der Waals surface area (Å²) in [4.78, 5) is 0. The van der Waals surface area contributed by atoms with Gasteiger partial charge in [-0.1, -0.05) is 42.5 Å².